The zero-order chi connectivity index (χ0) is 20.8. The second-order valence-electron chi connectivity index (χ2n) is 7.69. The van der Waals surface area contributed by atoms with E-state index in [9.17, 15) is 9.59 Å². The normalized spacial score (nSPS) is 16.3. The van der Waals surface area contributed by atoms with E-state index in [0.29, 0.717) is 13.1 Å². The largest absolute Gasteiger partial charge is 0.483 e. The maximum atomic E-state index is 12.1. The first-order valence-corrected chi connectivity index (χ1v) is 10.0. The molecular weight excluding hydrogens is 366 g/mol. The van der Waals surface area contributed by atoms with Crippen molar-refractivity contribution in [3.05, 3.63) is 59.2 Å². The maximum Gasteiger partial charge on any atom is 0.258 e. The van der Waals surface area contributed by atoms with E-state index < -0.39 is 0 Å². The van der Waals surface area contributed by atoms with Gasteiger partial charge < -0.3 is 20.7 Å². The summed E-state index contributed by atoms with van der Waals surface area (Å²) in [5, 5.41) is 2.89. The van der Waals surface area contributed by atoms with Gasteiger partial charge in [-0.2, -0.15) is 0 Å². The fraction of sp³-hybridized carbons (Fsp3) is 0.391. The number of nitrogens with one attached hydrogen (secondary N) is 1. The van der Waals surface area contributed by atoms with Crippen molar-refractivity contribution >= 4 is 17.5 Å². The molecule has 1 aliphatic heterocycles. The Labute approximate surface area is 172 Å². The molecule has 3 N–H and O–H groups in total. The Hall–Kier alpha value is -3.02. The summed E-state index contributed by atoms with van der Waals surface area (Å²) >= 11 is 0. The van der Waals surface area contributed by atoms with Gasteiger partial charge in [0, 0.05) is 25.3 Å². The van der Waals surface area contributed by atoms with Gasteiger partial charge >= 0.3 is 0 Å². The molecule has 1 atom stereocenters. The molecule has 0 unspecified atom stereocenters. The van der Waals surface area contributed by atoms with Gasteiger partial charge in [0.25, 0.3) is 5.91 Å². The molecule has 6 heteroatoms. The maximum absolute atomic E-state index is 12.1. The van der Waals surface area contributed by atoms with Crippen molar-refractivity contribution in [2.45, 2.75) is 33.2 Å². The van der Waals surface area contributed by atoms with E-state index in [1.807, 2.05) is 56.3 Å². The SMILES string of the molecule is Cc1ccc(C)c(OCC(=O)NCc2ccc(N3CCC[C@@H](C(N)=O)C3)cc2)c1. The standard InChI is InChI=1S/C23H29N3O3/c1-16-5-6-17(2)21(12-16)29-15-22(27)25-13-18-7-9-20(10-8-18)26-11-3-4-19(14-26)23(24)28/h5-10,12,19H,3-4,11,13-15H2,1-2H3,(H2,24,28)(H,25,27)/t19-/m1/s1. The van der Waals surface area contributed by atoms with Gasteiger partial charge in [-0.25, -0.2) is 0 Å². The lowest BCUT2D eigenvalue weighted by Crippen LogP contribution is -2.41. The number of primary amides is 1. The molecule has 6 nitrogen and oxygen atoms in total. The van der Waals surface area contributed by atoms with Crippen LogP contribution in [0.1, 0.15) is 29.5 Å². The molecule has 1 fully saturated rings. The number of benzene rings is 2. The first-order valence-electron chi connectivity index (χ1n) is 10.0. The summed E-state index contributed by atoms with van der Waals surface area (Å²) in [5.74, 6) is 0.271. The molecule has 1 heterocycles. The van der Waals surface area contributed by atoms with Crippen LogP contribution in [-0.2, 0) is 16.1 Å². The number of amides is 2. The third-order valence-corrected chi connectivity index (χ3v) is 5.32. The van der Waals surface area contributed by atoms with Crippen molar-refractivity contribution in [3.63, 3.8) is 0 Å². The van der Waals surface area contributed by atoms with E-state index in [4.69, 9.17) is 10.5 Å². The summed E-state index contributed by atoms with van der Waals surface area (Å²) in [4.78, 5) is 25.8. The zero-order valence-corrected chi connectivity index (χ0v) is 17.1. The topological polar surface area (TPSA) is 84.7 Å². The second kappa shape index (κ2) is 9.45. The van der Waals surface area contributed by atoms with Crippen molar-refractivity contribution in [2.24, 2.45) is 11.7 Å². The van der Waals surface area contributed by atoms with Crippen LogP contribution in [0.3, 0.4) is 0 Å². The summed E-state index contributed by atoms with van der Waals surface area (Å²) in [6.07, 6.45) is 1.83. The quantitative estimate of drug-likeness (QED) is 0.755. The Kier molecular flexibility index (Phi) is 6.75. The van der Waals surface area contributed by atoms with Gasteiger partial charge in [0.1, 0.15) is 5.75 Å². The molecule has 154 valence electrons. The first kappa shape index (κ1) is 20.7. The van der Waals surface area contributed by atoms with Crippen LogP contribution < -0.4 is 20.7 Å². The van der Waals surface area contributed by atoms with Gasteiger partial charge in [-0.1, -0.05) is 24.3 Å². The number of hydrogen-bond donors (Lipinski definition) is 2. The molecule has 0 aromatic heterocycles. The lowest BCUT2D eigenvalue weighted by molar-refractivity contribution is -0.123. The number of nitrogens with two attached hydrogens (primary N) is 1. The van der Waals surface area contributed by atoms with E-state index in [0.717, 1.165) is 47.5 Å². The highest BCUT2D eigenvalue weighted by atomic mass is 16.5. The van der Waals surface area contributed by atoms with Crippen LogP contribution in [0.4, 0.5) is 5.69 Å². The molecular formula is C23H29N3O3. The van der Waals surface area contributed by atoms with Crippen molar-refractivity contribution in [2.75, 3.05) is 24.6 Å². The van der Waals surface area contributed by atoms with Gasteiger partial charge in [0.15, 0.2) is 6.61 Å². The molecule has 0 saturated carbocycles. The monoisotopic (exact) mass is 395 g/mol. The van der Waals surface area contributed by atoms with Crippen LogP contribution in [0, 0.1) is 19.8 Å². The average Bonchev–Trinajstić information content (AvgIpc) is 2.73. The molecule has 1 aliphatic rings. The minimum absolute atomic E-state index is 0.00927. The summed E-state index contributed by atoms with van der Waals surface area (Å²) in [7, 11) is 0. The Morgan fingerprint density at radius 2 is 1.93 bits per heavy atom. The molecule has 0 aliphatic carbocycles. The number of aryl methyl sites for hydroxylation is 2. The Morgan fingerprint density at radius 3 is 2.66 bits per heavy atom. The van der Waals surface area contributed by atoms with E-state index in [2.05, 4.69) is 10.2 Å². The number of piperidine rings is 1. The van der Waals surface area contributed by atoms with E-state index >= 15 is 0 Å². The highest BCUT2D eigenvalue weighted by Gasteiger charge is 2.24. The Morgan fingerprint density at radius 1 is 1.17 bits per heavy atom. The lowest BCUT2D eigenvalue weighted by atomic mass is 9.97. The van der Waals surface area contributed by atoms with Crippen LogP contribution in [0.25, 0.3) is 0 Å². The van der Waals surface area contributed by atoms with E-state index in [1.54, 1.807) is 0 Å². The van der Waals surface area contributed by atoms with Crippen molar-refractivity contribution < 1.29 is 14.3 Å². The number of anilines is 1. The number of carbonyl (C=O) groups is 2. The predicted molar refractivity (Wildman–Crippen MR) is 114 cm³/mol. The van der Waals surface area contributed by atoms with Gasteiger partial charge in [0.2, 0.25) is 5.91 Å². The van der Waals surface area contributed by atoms with Crippen molar-refractivity contribution in [1.82, 2.24) is 5.32 Å². The van der Waals surface area contributed by atoms with Crippen molar-refractivity contribution in [1.29, 1.82) is 0 Å². The smallest absolute Gasteiger partial charge is 0.258 e. The van der Waals surface area contributed by atoms with Crippen LogP contribution >= 0.6 is 0 Å². The molecule has 2 aromatic carbocycles. The molecule has 1 saturated heterocycles. The van der Waals surface area contributed by atoms with Crippen LogP contribution in [0.2, 0.25) is 0 Å². The van der Waals surface area contributed by atoms with Gasteiger partial charge in [-0.3, -0.25) is 9.59 Å². The average molecular weight is 396 g/mol. The summed E-state index contributed by atoms with van der Waals surface area (Å²) in [6, 6.07) is 14.0. The highest BCUT2D eigenvalue weighted by molar-refractivity contribution is 5.78. The van der Waals surface area contributed by atoms with Gasteiger partial charge in [0.05, 0.1) is 5.92 Å². The first-order chi connectivity index (χ1) is 13.9. The fourth-order valence-electron chi connectivity index (χ4n) is 3.53. The second-order valence-corrected chi connectivity index (χ2v) is 7.69. The molecule has 0 bridgehead atoms. The molecule has 2 aromatic rings. The van der Waals surface area contributed by atoms with Gasteiger partial charge in [-0.15, -0.1) is 0 Å². The minimum atomic E-state index is -0.225. The number of hydrogen-bond acceptors (Lipinski definition) is 4. The number of nitrogens with zero attached hydrogens (tertiary/aromatic N) is 1. The Balaban J connectivity index is 1.48. The third-order valence-electron chi connectivity index (χ3n) is 5.32. The molecule has 2 amide bonds. The number of rotatable bonds is 7. The number of carbonyl (C=O) groups excluding carboxylic acids is 2. The molecule has 3 rings (SSSR count). The fourth-order valence-corrected chi connectivity index (χ4v) is 3.53. The summed E-state index contributed by atoms with van der Waals surface area (Å²) in [6.45, 7) is 5.98. The van der Waals surface area contributed by atoms with Crippen LogP contribution in [-0.4, -0.2) is 31.5 Å². The molecule has 29 heavy (non-hydrogen) atoms. The third kappa shape index (κ3) is 5.73. The van der Waals surface area contributed by atoms with E-state index in [-0.39, 0.29) is 24.3 Å². The molecule has 0 spiro atoms. The summed E-state index contributed by atoms with van der Waals surface area (Å²) in [5.41, 5.74) is 9.65. The predicted octanol–water partition coefficient (Wildman–Crippen LogP) is 2.70. The van der Waals surface area contributed by atoms with E-state index in [1.165, 1.54) is 0 Å². The summed E-state index contributed by atoms with van der Waals surface area (Å²) < 4.78 is 5.64. The molecule has 0 radical (unpaired) electrons. The van der Waals surface area contributed by atoms with Crippen LogP contribution in [0.5, 0.6) is 5.75 Å². The van der Waals surface area contributed by atoms with Gasteiger partial charge in [-0.05, 0) is 61.6 Å². The number of ether oxygens (including phenoxy) is 1. The minimum Gasteiger partial charge on any atom is -0.483 e. The zero-order valence-electron chi connectivity index (χ0n) is 17.1. The Bertz CT molecular complexity index is 864. The lowest BCUT2D eigenvalue weighted by Gasteiger charge is -2.33. The highest BCUT2D eigenvalue weighted by Crippen LogP contribution is 2.23. The van der Waals surface area contributed by atoms with Crippen LogP contribution in [0.15, 0.2) is 42.5 Å². The van der Waals surface area contributed by atoms with Crippen molar-refractivity contribution in [3.8, 4) is 5.75 Å².